The zero-order chi connectivity index (χ0) is 19.3. The highest BCUT2D eigenvalue weighted by Gasteiger charge is 2.13. The van der Waals surface area contributed by atoms with E-state index >= 15 is 0 Å². The number of carbonyl (C=O) groups is 1. The van der Waals surface area contributed by atoms with Crippen LogP contribution in [0.3, 0.4) is 0 Å². The van der Waals surface area contributed by atoms with Crippen LogP contribution < -0.4 is 0 Å². The van der Waals surface area contributed by atoms with Crippen LogP contribution in [-0.4, -0.2) is 34.2 Å². The molecule has 0 fully saturated rings. The molecule has 2 rings (SSSR count). The van der Waals surface area contributed by atoms with E-state index in [0.29, 0.717) is 18.1 Å². The number of aryl methyl sites for hydroxylation is 1. The summed E-state index contributed by atoms with van der Waals surface area (Å²) < 4.78 is 1.89. The molecule has 1 atom stereocenters. The zero-order valence-corrected chi connectivity index (χ0v) is 16.3. The van der Waals surface area contributed by atoms with Gasteiger partial charge in [-0.05, 0) is 38.5 Å². The molecule has 0 saturated carbocycles. The van der Waals surface area contributed by atoms with E-state index in [1.165, 1.54) is 6.08 Å². The first-order valence-corrected chi connectivity index (χ1v) is 8.81. The number of nitrogens with zero attached hydrogens (tertiary/aromatic N) is 4. The number of aromatic nitrogens is 2. The van der Waals surface area contributed by atoms with Gasteiger partial charge in [0.05, 0.1) is 24.2 Å². The molecular weight excluding hydrogens is 348 g/mol. The number of benzene rings is 1. The molecular formula is C20H23ClN4O. The number of rotatable bonds is 6. The van der Waals surface area contributed by atoms with E-state index in [-0.39, 0.29) is 11.8 Å². The number of amides is 1. The first-order valence-electron chi connectivity index (χ1n) is 8.43. The minimum atomic E-state index is -0.195. The maximum Gasteiger partial charge on any atom is 0.246 e. The Balaban J connectivity index is 2.16. The standard InChI is InChI=1S/C20H23ClN4O/c1-14(11-22)12-24(4)20(26)10-9-18-15(2)23-25(16(18)3)13-17-7-5-6-8-19(17)21/h5-10,14H,12-13H2,1-4H3/b10-9+. The van der Waals surface area contributed by atoms with Crippen molar-refractivity contribution in [3.05, 3.63) is 57.9 Å². The highest BCUT2D eigenvalue weighted by molar-refractivity contribution is 6.31. The summed E-state index contributed by atoms with van der Waals surface area (Å²) in [6.07, 6.45) is 3.32. The summed E-state index contributed by atoms with van der Waals surface area (Å²) in [7, 11) is 1.70. The van der Waals surface area contributed by atoms with Gasteiger partial charge in [-0.3, -0.25) is 9.48 Å². The van der Waals surface area contributed by atoms with Gasteiger partial charge in [0.2, 0.25) is 5.91 Å². The molecule has 0 radical (unpaired) electrons. The van der Waals surface area contributed by atoms with Crippen LogP contribution in [0.4, 0.5) is 0 Å². The highest BCUT2D eigenvalue weighted by Crippen LogP contribution is 2.20. The van der Waals surface area contributed by atoms with Crippen LogP contribution in [-0.2, 0) is 11.3 Å². The molecule has 2 aromatic rings. The van der Waals surface area contributed by atoms with E-state index in [2.05, 4.69) is 11.2 Å². The molecule has 0 aliphatic carbocycles. The number of carbonyl (C=O) groups excluding carboxylic acids is 1. The third-order valence-corrected chi connectivity index (χ3v) is 4.62. The van der Waals surface area contributed by atoms with Gasteiger partial charge in [-0.15, -0.1) is 0 Å². The first-order chi connectivity index (χ1) is 12.3. The number of likely N-dealkylation sites (N-methyl/N-ethyl adjacent to an activating group) is 1. The Labute approximate surface area is 159 Å². The Morgan fingerprint density at radius 2 is 2.12 bits per heavy atom. The monoisotopic (exact) mass is 370 g/mol. The van der Waals surface area contributed by atoms with Crippen LogP contribution >= 0.6 is 11.6 Å². The van der Waals surface area contributed by atoms with Gasteiger partial charge in [0.25, 0.3) is 0 Å². The molecule has 1 aromatic heterocycles. The molecule has 0 saturated heterocycles. The maximum atomic E-state index is 12.2. The van der Waals surface area contributed by atoms with Gasteiger partial charge in [-0.2, -0.15) is 10.4 Å². The van der Waals surface area contributed by atoms with Crippen molar-refractivity contribution in [1.29, 1.82) is 5.26 Å². The van der Waals surface area contributed by atoms with Gasteiger partial charge in [0, 0.05) is 35.9 Å². The summed E-state index contributed by atoms with van der Waals surface area (Å²) in [5.74, 6) is -0.330. The molecule has 1 amide bonds. The number of hydrogen-bond acceptors (Lipinski definition) is 3. The van der Waals surface area contributed by atoms with Crippen molar-refractivity contribution in [3.8, 4) is 6.07 Å². The Morgan fingerprint density at radius 1 is 1.42 bits per heavy atom. The van der Waals surface area contributed by atoms with Crippen molar-refractivity contribution in [3.63, 3.8) is 0 Å². The van der Waals surface area contributed by atoms with Crippen molar-refractivity contribution < 1.29 is 4.79 Å². The average molecular weight is 371 g/mol. The van der Waals surface area contributed by atoms with Gasteiger partial charge in [-0.25, -0.2) is 0 Å². The molecule has 5 nitrogen and oxygen atoms in total. The summed E-state index contributed by atoms with van der Waals surface area (Å²) in [6.45, 7) is 6.67. The topological polar surface area (TPSA) is 61.9 Å². The lowest BCUT2D eigenvalue weighted by atomic mass is 10.1. The van der Waals surface area contributed by atoms with Gasteiger partial charge >= 0.3 is 0 Å². The van der Waals surface area contributed by atoms with Crippen LogP contribution in [0.1, 0.15) is 29.4 Å². The third kappa shape index (κ3) is 4.74. The largest absolute Gasteiger partial charge is 0.341 e. The molecule has 1 aromatic carbocycles. The molecule has 0 N–H and O–H groups in total. The minimum absolute atomic E-state index is 0.134. The molecule has 6 heteroatoms. The molecule has 1 heterocycles. The summed E-state index contributed by atoms with van der Waals surface area (Å²) >= 11 is 6.24. The number of halogens is 1. The lowest BCUT2D eigenvalue weighted by molar-refractivity contribution is -0.125. The molecule has 0 aliphatic rings. The molecule has 26 heavy (non-hydrogen) atoms. The van der Waals surface area contributed by atoms with E-state index in [4.69, 9.17) is 16.9 Å². The summed E-state index contributed by atoms with van der Waals surface area (Å²) in [5.41, 5.74) is 3.75. The SMILES string of the molecule is Cc1nn(Cc2ccccc2Cl)c(C)c1/C=C/C(=O)N(C)CC(C)C#N. The summed E-state index contributed by atoms with van der Waals surface area (Å²) in [6, 6.07) is 9.82. The second kappa shape index (κ2) is 8.68. The second-order valence-electron chi connectivity index (χ2n) is 6.42. The van der Waals surface area contributed by atoms with Crippen LogP contribution in [0, 0.1) is 31.1 Å². The van der Waals surface area contributed by atoms with Crippen LogP contribution in [0.25, 0.3) is 6.08 Å². The fourth-order valence-electron chi connectivity index (χ4n) is 2.72. The number of hydrogen-bond donors (Lipinski definition) is 0. The fourth-order valence-corrected chi connectivity index (χ4v) is 2.91. The van der Waals surface area contributed by atoms with Crippen LogP contribution in [0.2, 0.25) is 5.02 Å². The normalized spacial score (nSPS) is 12.2. The minimum Gasteiger partial charge on any atom is -0.341 e. The van der Waals surface area contributed by atoms with Crippen molar-refractivity contribution in [1.82, 2.24) is 14.7 Å². The van der Waals surface area contributed by atoms with Crippen molar-refractivity contribution in [2.45, 2.75) is 27.3 Å². The summed E-state index contributed by atoms with van der Waals surface area (Å²) in [5, 5.41) is 14.1. The quantitative estimate of drug-likeness (QED) is 0.726. The van der Waals surface area contributed by atoms with E-state index < -0.39 is 0 Å². The zero-order valence-electron chi connectivity index (χ0n) is 15.5. The maximum absolute atomic E-state index is 12.2. The first kappa shape index (κ1) is 19.7. The predicted molar refractivity (Wildman–Crippen MR) is 104 cm³/mol. The van der Waals surface area contributed by atoms with Gasteiger partial charge in [0.1, 0.15) is 0 Å². The third-order valence-electron chi connectivity index (χ3n) is 4.25. The van der Waals surface area contributed by atoms with Crippen LogP contribution in [0.5, 0.6) is 0 Å². The van der Waals surface area contributed by atoms with E-state index in [9.17, 15) is 4.79 Å². The smallest absolute Gasteiger partial charge is 0.246 e. The van der Waals surface area contributed by atoms with E-state index in [1.807, 2.05) is 42.8 Å². The van der Waals surface area contributed by atoms with Gasteiger partial charge in [-0.1, -0.05) is 29.8 Å². The molecule has 0 spiro atoms. The lowest BCUT2D eigenvalue weighted by Crippen LogP contribution is -2.29. The molecule has 0 bridgehead atoms. The number of nitriles is 1. The molecule has 1 unspecified atom stereocenters. The van der Waals surface area contributed by atoms with Crippen LogP contribution in [0.15, 0.2) is 30.3 Å². The van der Waals surface area contributed by atoms with E-state index in [0.717, 1.165) is 22.5 Å². The van der Waals surface area contributed by atoms with Crippen molar-refractivity contribution >= 4 is 23.6 Å². The highest BCUT2D eigenvalue weighted by atomic mass is 35.5. The summed E-state index contributed by atoms with van der Waals surface area (Å²) in [4.78, 5) is 13.8. The van der Waals surface area contributed by atoms with E-state index in [1.54, 1.807) is 24.9 Å². The average Bonchev–Trinajstić information content (AvgIpc) is 2.88. The Kier molecular flexibility index (Phi) is 6.59. The molecule has 0 aliphatic heterocycles. The van der Waals surface area contributed by atoms with Gasteiger partial charge < -0.3 is 4.90 Å². The Morgan fingerprint density at radius 3 is 2.77 bits per heavy atom. The predicted octanol–water partition coefficient (Wildman–Crippen LogP) is 3.83. The van der Waals surface area contributed by atoms with Gasteiger partial charge in [0.15, 0.2) is 0 Å². The van der Waals surface area contributed by atoms with Crippen molar-refractivity contribution in [2.24, 2.45) is 5.92 Å². The Bertz CT molecular complexity index is 863. The lowest BCUT2D eigenvalue weighted by Gasteiger charge is -2.15. The Hall–Kier alpha value is -2.58. The fraction of sp³-hybridized carbons (Fsp3) is 0.350. The second-order valence-corrected chi connectivity index (χ2v) is 6.82. The molecule has 136 valence electrons. The van der Waals surface area contributed by atoms with Crippen molar-refractivity contribution in [2.75, 3.05) is 13.6 Å².